The summed E-state index contributed by atoms with van der Waals surface area (Å²) in [6.45, 7) is 5.02. The first kappa shape index (κ1) is 24.5. The van der Waals surface area contributed by atoms with Gasteiger partial charge < -0.3 is 26.6 Å². The minimum atomic E-state index is -0.306. The summed E-state index contributed by atoms with van der Waals surface area (Å²) < 4.78 is 0.978. The molecule has 1 aliphatic rings. The molecule has 3 heterocycles. The Hall–Kier alpha value is -4.21. The Morgan fingerprint density at radius 2 is 1.84 bits per heavy atom. The summed E-state index contributed by atoms with van der Waals surface area (Å²) in [7, 11) is 0. The van der Waals surface area contributed by atoms with E-state index in [-0.39, 0.29) is 11.9 Å². The summed E-state index contributed by atoms with van der Waals surface area (Å²) in [5.74, 6) is 0.439. The first-order valence-electron chi connectivity index (χ1n) is 12.1. The maximum Gasteiger partial charge on any atom is 0.323 e. The molecule has 188 valence electrons. The van der Waals surface area contributed by atoms with E-state index in [0.29, 0.717) is 24.6 Å². The number of nitrogens with zero attached hydrogens (tertiary/aromatic N) is 2. The van der Waals surface area contributed by atoms with Gasteiger partial charge in [0, 0.05) is 71.0 Å². The van der Waals surface area contributed by atoms with Crippen molar-refractivity contribution in [3.05, 3.63) is 77.3 Å². The summed E-state index contributed by atoms with van der Waals surface area (Å²) >= 11 is 1.57. The van der Waals surface area contributed by atoms with Crippen molar-refractivity contribution in [3.63, 3.8) is 0 Å². The number of anilines is 3. The number of nitrogens with one attached hydrogen (secondary N) is 3. The number of hydrogen-bond donors (Lipinski definition) is 4. The fourth-order valence-corrected chi connectivity index (χ4v) is 5.40. The number of fused-ring (bicyclic) bond motifs is 1. The van der Waals surface area contributed by atoms with Gasteiger partial charge in [0.1, 0.15) is 5.82 Å². The van der Waals surface area contributed by atoms with E-state index in [2.05, 4.69) is 20.9 Å². The van der Waals surface area contributed by atoms with Crippen LogP contribution < -0.4 is 21.7 Å². The van der Waals surface area contributed by atoms with Gasteiger partial charge in [0.05, 0.1) is 0 Å². The van der Waals surface area contributed by atoms with Crippen molar-refractivity contribution >= 4 is 56.6 Å². The van der Waals surface area contributed by atoms with Gasteiger partial charge in [0.2, 0.25) is 5.91 Å². The Morgan fingerprint density at radius 3 is 2.59 bits per heavy atom. The van der Waals surface area contributed by atoms with Crippen LogP contribution in [0.3, 0.4) is 0 Å². The molecule has 37 heavy (non-hydrogen) atoms. The highest BCUT2D eigenvalue weighted by Crippen LogP contribution is 2.39. The number of hydrogen-bond acceptors (Lipinski definition) is 6. The Kier molecular flexibility index (Phi) is 7.16. The standard InChI is InChI=1S/C28H28N6O2S/c1-18-3-2-4-22(15-18)33-28(36)32-21-8-5-19(6-9-21)23-17-37-26-20(16-31-27(29)25(23)26)7-10-24(35)34-13-11-30-12-14-34/h2-10,15-17,30H,11-14H2,1H3,(H2,29,31)(H2,32,33,36). The fraction of sp³-hybridized carbons (Fsp3) is 0.179. The third-order valence-electron chi connectivity index (χ3n) is 6.22. The normalized spacial score (nSPS) is 13.7. The molecule has 0 unspecified atom stereocenters. The van der Waals surface area contributed by atoms with E-state index in [0.717, 1.165) is 51.1 Å². The topological polar surface area (TPSA) is 112 Å². The van der Waals surface area contributed by atoms with E-state index < -0.39 is 0 Å². The molecule has 2 aromatic carbocycles. The molecule has 0 atom stereocenters. The maximum absolute atomic E-state index is 12.6. The number of aromatic nitrogens is 1. The zero-order chi connectivity index (χ0) is 25.8. The lowest BCUT2D eigenvalue weighted by Gasteiger charge is -2.26. The summed E-state index contributed by atoms with van der Waals surface area (Å²) in [5, 5.41) is 11.9. The van der Waals surface area contributed by atoms with Crippen LogP contribution in [0.4, 0.5) is 22.0 Å². The van der Waals surface area contributed by atoms with Crippen molar-refractivity contribution in [2.45, 2.75) is 6.92 Å². The molecule has 0 saturated carbocycles. The molecule has 0 spiro atoms. The Bertz CT molecular complexity index is 1470. The second kappa shape index (κ2) is 10.8. The van der Waals surface area contributed by atoms with Crippen LogP contribution in [0.5, 0.6) is 0 Å². The van der Waals surface area contributed by atoms with Gasteiger partial charge >= 0.3 is 6.03 Å². The van der Waals surface area contributed by atoms with Crippen LogP contribution in [0, 0.1) is 6.92 Å². The van der Waals surface area contributed by atoms with Gasteiger partial charge in [0.25, 0.3) is 0 Å². The van der Waals surface area contributed by atoms with Crippen molar-refractivity contribution in [2.75, 3.05) is 42.5 Å². The van der Waals surface area contributed by atoms with Gasteiger partial charge in [-0.05, 0) is 53.8 Å². The number of amides is 3. The molecule has 0 aliphatic carbocycles. The summed E-state index contributed by atoms with van der Waals surface area (Å²) in [6, 6.07) is 14.9. The Labute approximate surface area is 219 Å². The Morgan fingerprint density at radius 1 is 1.08 bits per heavy atom. The molecule has 5 N–H and O–H groups in total. The molecular weight excluding hydrogens is 484 g/mol. The molecular formula is C28H28N6O2S. The van der Waals surface area contributed by atoms with E-state index in [1.807, 2.05) is 71.8 Å². The Balaban J connectivity index is 1.32. The average Bonchev–Trinajstić information content (AvgIpc) is 3.35. The molecule has 1 fully saturated rings. The number of piperazine rings is 1. The summed E-state index contributed by atoms with van der Waals surface area (Å²) in [6.07, 6.45) is 5.14. The molecule has 3 amide bonds. The molecule has 9 heteroatoms. The smallest absolute Gasteiger partial charge is 0.323 e. The summed E-state index contributed by atoms with van der Waals surface area (Å²) in [5.41, 5.74) is 11.5. The lowest BCUT2D eigenvalue weighted by molar-refractivity contribution is -0.126. The molecule has 0 radical (unpaired) electrons. The molecule has 4 aromatic rings. The first-order valence-corrected chi connectivity index (χ1v) is 12.9. The molecule has 0 bridgehead atoms. The van der Waals surface area contributed by atoms with Crippen LogP contribution in [0.15, 0.2) is 66.2 Å². The molecule has 1 aliphatic heterocycles. The average molecular weight is 513 g/mol. The van der Waals surface area contributed by atoms with Crippen LogP contribution in [0.25, 0.3) is 27.3 Å². The highest BCUT2D eigenvalue weighted by Gasteiger charge is 2.16. The van der Waals surface area contributed by atoms with Crippen LogP contribution in [-0.4, -0.2) is 48.0 Å². The third-order valence-corrected chi connectivity index (χ3v) is 7.25. The lowest BCUT2D eigenvalue weighted by atomic mass is 10.0. The van der Waals surface area contributed by atoms with Gasteiger partial charge in [-0.25, -0.2) is 9.78 Å². The lowest BCUT2D eigenvalue weighted by Crippen LogP contribution is -2.45. The number of nitrogen functional groups attached to an aromatic ring is 1. The fourth-order valence-electron chi connectivity index (χ4n) is 4.32. The number of aryl methyl sites for hydroxylation is 1. The van der Waals surface area contributed by atoms with Crippen molar-refractivity contribution in [3.8, 4) is 11.1 Å². The maximum atomic E-state index is 12.6. The predicted octanol–water partition coefficient (Wildman–Crippen LogP) is 4.94. The highest BCUT2D eigenvalue weighted by molar-refractivity contribution is 7.18. The molecule has 8 nitrogen and oxygen atoms in total. The van der Waals surface area contributed by atoms with Crippen molar-refractivity contribution in [1.82, 2.24) is 15.2 Å². The number of carbonyl (C=O) groups is 2. The van der Waals surface area contributed by atoms with Crippen LogP contribution in [0.2, 0.25) is 0 Å². The predicted molar refractivity (Wildman–Crippen MR) is 152 cm³/mol. The minimum Gasteiger partial charge on any atom is -0.383 e. The van der Waals surface area contributed by atoms with E-state index in [1.165, 1.54) is 0 Å². The number of thiophene rings is 1. The first-order chi connectivity index (χ1) is 18.0. The van der Waals surface area contributed by atoms with Crippen LogP contribution in [0.1, 0.15) is 11.1 Å². The van der Waals surface area contributed by atoms with E-state index >= 15 is 0 Å². The molecule has 5 rings (SSSR count). The summed E-state index contributed by atoms with van der Waals surface area (Å²) in [4.78, 5) is 31.2. The van der Waals surface area contributed by atoms with Gasteiger partial charge in [-0.2, -0.15) is 0 Å². The van der Waals surface area contributed by atoms with Crippen LogP contribution >= 0.6 is 11.3 Å². The van der Waals surface area contributed by atoms with E-state index in [9.17, 15) is 9.59 Å². The van der Waals surface area contributed by atoms with E-state index in [4.69, 9.17) is 5.73 Å². The monoisotopic (exact) mass is 512 g/mol. The van der Waals surface area contributed by atoms with Crippen molar-refractivity contribution in [2.24, 2.45) is 0 Å². The number of benzene rings is 2. The largest absolute Gasteiger partial charge is 0.383 e. The van der Waals surface area contributed by atoms with Crippen LogP contribution in [-0.2, 0) is 4.79 Å². The second-order valence-electron chi connectivity index (χ2n) is 8.89. The molecule has 2 aromatic heterocycles. The number of pyridine rings is 1. The van der Waals surface area contributed by atoms with Gasteiger partial charge in [-0.15, -0.1) is 11.3 Å². The zero-order valence-electron chi connectivity index (χ0n) is 20.5. The van der Waals surface area contributed by atoms with Crippen molar-refractivity contribution < 1.29 is 9.59 Å². The number of carbonyl (C=O) groups excluding carboxylic acids is 2. The number of nitrogens with two attached hydrogens (primary N) is 1. The number of urea groups is 1. The minimum absolute atomic E-state index is 0.00206. The zero-order valence-corrected chi connectivity index (χ0v) is 21.3. The van der Waals surface area contributed by atoms with Gasteiger partial charge in [-0.3, -0.25) is 4.79 Å². The third kappa shape index (κ3) is 5.63. The quantitative estimate of drug-likeness (QED) is 0.283. The highest BCUT2D eigenvalue weighted by atomic mass is 32.1. The van der Waals surface area contributed by atoms with Gasteiger partial charge in [-0.1, -0.05) is 24.3 Å². The van der Waals surface area contributed by atoms with Gasteiger partial charge in [0.15, 0.2) is 0 Å². The van der Waals surface area contributed by atoms with Crippen molar-refractivity contribution in [1.29, 1.82) is 0 Å². The van der Waals surface area contributed by atoms with E-state index in [1.54, 1.807) is 23.6 Å². The molecule has 1 saturated heterocycles. The second-order valence-corrected chi connectivity index (χ2v) is 9.77. The SMILES string of the molecule is Cc1cccc(NC(=O)Nc2ccc(-c3csc4c(C=CC(=O)N5CCNCC5)cnc(N)c34)cc2)c1. The number of rotatable bonds is 5.